The van der Waals surface area contributed by atoms with Crippen molar-refractivity contribution in [1.29, 1.82) is 0 Å². The normalized spacial score (nSPS) is 14.3. The molecule has 1 saturated heterocycles. The van der Waals surface area contributed by atoms with Gasteiger partial charge < -0.3 is 15.0 Å². The first-order valence-corrected chi connectivity index (χ1v) is 11.1. The van der Waals surface area contributed by atoms with Gasteiger partial charge in [0.2, 0.25) is 0 Å². The van der Waals surface area contributed by atoms with Crippen molar-refractivity contribution in [2.45, 2.75) is 13.1 Å². The summed E-state index contributed by atoms with van der Waals surface area (Å²) in [6, 6.07) is 14.7. The van der Waals surface area contributed by atoms with Gasteiger partial charge in [-0.25, -0.2) is 9.67 Å². The Balaban J connectivity index is 1.47. The Labute approximate surface area is 199 Å². The van der Waals surface area contributed by atoms with Crippen LogP contribution in [0.15, 0.2) is 60.8 Å². The fraction of sp³-hybridized carbons (Fsp3) is 0.240. The highest BCUT2D eigenvalue weighted by atomic mass is 19.4. The largest absolute Gasteiger partial charge is 0.416 e. The molecule has 0 spiro atoms. The average molecular weight is 481 g/mol. The van der Waals surface area contributed by atoms with E-state index in [-0.39, 0.29) is 11.3 Å². The quantitative estimate of drug-likeness (QED) is 0.452. The molecule has 0 radical (unpaired) electrons. The van der Waals surface area contributed by atoms with Gasteiger partial charge in [-0.1, -0.05) is 18.2 Å². The van der Waals surface area contributed by atoms with E-state index < -0.39 is 17.6 Å². The van der Waals surface area contributed by atoms with Crippen LogP contribution in [0.2, 0.25) is 0 Å². The van der Waals surface area contributed by atoms with Crippen LogP contribution in [0.5, 0.6) is 0 Å². The number of nitrogens with one attached hydrogen (secondary N) is 1. The number of halogens is 3. The molecule has 4 aromatic rings. The van der Waals surface area contributed by atoms with Crippen molar-refractivity contribution in [3.63, 3.8) is 0 Å². The molecule has 5 rings (SSSR count). The van der Waals surface area contributed by atoms with Gasteiger partial charge in [-0.2, -0.15) is 18.3 Å². The number of ether oxygens (including phenoxy) is 1. The van der Waals surface area contributed by atoms with Crippen LogP contribution in [0.4, 0.5) is 24.5 Å². The molecule has 1 amide bonds. The molecule has 180 valence electrons. The number of benzene rings is 2. The molecule has 1 N–H and O–H groups in total. The number of morpholine rings is 1. The molecule has 35 heavy (non-hydrogen) atoms. The van der Waals surface area contributed by atoms with Crippen molar-refractivity contribution in [3.8, 4) is 5.82 Å². The smallest absolute Gasteiger partial charge is 0.378 e. The zero-order valence-electron chi connectivity index (χ0n) is 18.8. The fourth-order valence-electron chi connectivity index (χ4n) is 4.12. The van der Waals surface area contributed by atoms with Gasteiger partial charge in [-0.3, -0.25) is 4.79 Å². The first-order valence-electron chi connectivity index (χ1n) is 11.1. The van der Waals surface area contributed by atoms with Crippen molar-refractivity contribution in [2.24, 2.45) is 0 Å². The standard InChI is InChI=1S/C25H22F3N5O2/c1-16-19(15-29-33(16)23-9-6-17-4-2-3-5-20(17)30-23)24(34)31-21-14-18(25(26,27)28)7-8-22(21)32-10-12-35-13-11-32/h2-9,14-15H,10-13H2,1H3,(H,31,34). The van der Waals surface area contributed by atoms with Crippen molar-refractivity contribution in [1.82, 2.24) is 14.8 Å². The molecule has 1 fully saturated rings. The lowest BCUT2D eigenvalue weighted by atomic mass is 10.1. The van der Waals surface area contributed by atoms with Crippen molar-refractivity contribution >= 4 is 28.2 Å². The number of carbonyl (C=O) groups is 1. The van der Waals surface area contributed by atoms with E-state index in [1.807, 2.05) is 35.2 Å². The van der Waals surface area contributed by atoms with Crippen LogP contribution in [0.25, 0.3) is 16.7 Å². The van der Waals surface area contributed by atoms with E-state index >= 15 is 0 Å². The van der Waals surface area contributed by atoms with Gasteiger partial charge >= 0.3 is 6.18 Å². The van der Waals surface area contributed by atoms with Gasteiger partial charge in [0, 0.05) is 18.5 Å². The van der Waals surface area contributed by atoms with Gasteiger partial charge in [-0.15, -0.1) is 0 Å². The van der Waals surface area contributed by atoms with Crippen LogP contribution in [0.1, 0.15) is 21.6 Å². The lowest BCUT2D eigenvalue weighted by molar-refractivity contribution is -0.137. The van der Waals surface area contributed by atoms with Crippen LogP contribution in [-0.2, 0) is 10.9 Å². The van der Waals surface area contributed by atoms with Crippen molar-refractivity contribution < 1.29 is 22.7 Å². The third-order valence-electron chi connectivity index (χ3n) is 5.98. The van der Waals surface area contributed by atoms with E-state index in [2.05, 4.69) is 15.4 Å². The number of fused-ring (bicyclic) bond motifs is 1. The van der Waals surface area contributed by atoms with Crippen LogP contribution in [-0.4, -0.2) is 47.0 Å². The van der Waals surface area contributed by atoms with E-state index in [9.17, 15) is 18.0 Å². The van der Waals surface area contributed by atoms with Crippen LogP contribution < -0.4 is 10.2 Å². The van der Waals surface area contributed by atoms with Gasteiger partial charge in [0.25, 0.3) is 5.91 Å². The molecule has 2 aromatic carbocycles. The second-order valence-corrected chi connectivity index (χ2v) is 8.20. The molecule has 3 heterocycles. The number of pyridine rings is 1. The van der Waals surface area contributed by atoms with E-state index in [0.717, 1.165) is 23.0 Å². The third kappa shape index (κ3) is 4.57. The number of alkyl halides is 3. The maximum atomic E-state index is 13.4. The number of amides is 1. The highest BCUT2D eigenvalue weighted by molar-refractivity contribution is 6.06. The Morgan fingerprint density at radius 3 is 2.60 bits per heavy atom. The number of anilines is 2. The van der Waals surface area contributed by atoms with E-state index in [1.165, 1.54) is 16.9 Å². The van der Waals surface area contributed by atoms with Crippen LogP contribution in [0, 0.1) is 6.92 Å². The van der Waals surface area contributed by atoms with E-state index in [0.29, 0.717) is 43.5 Å². The van der Waals surface area contributed by atoms with E-state index in [4.69, 9.17) is 4.74 Å². The number of aromatic nitrogens is 3. The zero-order valence-corrected chi connectivity index (χ0v) is 18.8. The maximum absolute atomic E-state index is 13.4. The summed E-state index contributed by atoms with van der Waals surface area (Å²) in [6.07, 6.45) is -3.14. The lowest BCUT2D eigenvalue weighted by Crippen LogP contribution is -2.36. The minimum absolute atomic E-state index is 0.0858. The fourth-order valence-corrected chi connectivity index (χ4v) is 4.12. The summed E-state index contributed by atoms with van der Waals surface area (Å²) < 4.78 is 47.1. The van der Waals surface area contributed by atoms with Gasteiger partial charge in [0.15, 0.2) is 5.82 Å². The Morgan fingerprint density at radius 2 is 1.83 bits per heavy atom. The molecular formula is C25H22F3N5O2. The maximum Gasteiger partial charge on any atom is 0.416 e. The molecule has 1 aliphatic rings. The number of para-hydroxylation sites is 1. The Hall–Kier alpha value is -3.92. The average Bonchev–Trinajstić information content (AvgIpc) is 3.25. The Kier molecular flexibility index (Phi) is 5.89. The number of rotatable bonds is 4. The molecule has 0 bridgehead atoms. The molecule has 7 nitrogen and oxygen atoms in total. The Bertz CT molecular complexity index is 1390. The number of carbonyl (C=O) groups excluding carboxylic acids is 1. The van der Waals surface area contributed by atoms with Crippen LogP contribution >= 0.6 is 0 Å². The van der Waals surface area contributed by atoms with Gasteiger partial charge in [0.05, 0.1) is 53.1 Å². The topological polar surface area (TPSA) is 72.3 Å². The zero-order chi connectivity index (χ0) is 24.6. The minimum atomic E-state index is -4.54. The summed E-state index contributed by atoms with van der Waals surface area (Å²) in [5.74, 6) is -0.0169. The van der Waals surface area contributed by atoms with Gasteiger partial charge in [0.1, 0.15) is 0 Å². The molecule has 1 aliphatic heterocycles. The summed E-state index contributed by atoms with van der Waals surface area (Å²) in [5, 5.41) is 7.96. The number of hydrogen-bond donors (Lipinski definition) is 1. The summed E-state index contributed by atoms with van der Waals surface area (Å²) >= 11 is 0. The predicted octanol–water partition coefficient (Wildman–Crippen LogP) is 4.84. The highest BCUT2D eigenvalue weighted by Crippen LogP contribution is 2.36. The Morgan fingerprint density at radius 1 is 1.06 bits per heavy atom. The third-order valence-corrected chi connectivity index (χ3v) is 5.98. The van der Waals surface area contributed by atoms with Gasteiger partial charge in [-0.05, 0) is 43.3 Å². The SMILES string of the molecule is Cc1c(C(=O)Nc2cc(C(F)(F)F)ccc2N2CCOCC2)cnn1-c1ccc2ccccc2n1. The molecule has 0 unspecified atom stereocenters. The number of hydrogen-bond acceptors (Lipinski definition) is 5. The highest BCUT2D eigenvalue weighted by Gasteiger charge is 2.32. The second kappa shape index (κ2) is 9.03. The molecule has 0 atom stereocenters. The first-order chi connectivity index (χ1) is 16.8. The first kappa shape index (κ1) is 22.9. The lowest BCUT2D eigenvalue weighted by Gasteiger charge is -2.31. The van der Waals surface area contributed by atoms with Crippen molar-refractivity contribution in [3.05, 3.63) is 77.6 Å². The van der Waals surface area contributed by atoms with E-state index in [1.54, 1.807) is 13.0 Å². The predicted molar refractivity (Wildman–Crippen MR) is 126 cm³/mol. The molecule has 10 heteroatoms. The summed E-state index contributed by atoms with van der Waals surface area (Å²) in [4.78, 5) is 19.7. The summed E-state index contributed by atoms with van der Waals surface area (Å²) in [7, 11) is 0. The molecular weight excluding hydrogens is 459 g/mol. The molecule has 0 aliphatic carbocycles. The molecule has 2 aromatic heterocycles. The second-order valence-electron chi connectivity index (χ2n) is 8.20. The number of nitrogens with zero attached hydrogens (tertiary/aromatic N) is 4. The summed E-state index contributed by atoms with van der Waals surface area (Å²) in [5.41, 5.74) is 1.30. The molecule has 0 saturated carbocycles. The minimum Gasteiger partial charge on any atom is -0.378 e. The monoisotopic (exact) mass is 481 g/mol. The van der Waals surface area contributed by atoms with Crippen molar-refractivity contribution in [2.75, 3.05) is 36.5 Å². The van der Waals surface area contributed by atoms with Crippen LogP contribution in [0.3, 0.4) is 0 Å². The summed E-state index contributed by atoms with van der Waals surface area (Å²) in [6.45, 7) is 3.66.